The van der Waals surface area contributed by atoms with E-state index >= 15 is 0 Å². The van der Waals surface area contributed by atoms with Gasteiger partial charge in [0.25, 0.3) is 0 Å². The molecule has 0 amide bonds. The number of phenols is 1. The molecule has 0 fully saturated rings. The first-order valence-corrected chi connectivity index (χ1v) is 6.73. The number of aromatic hydroxyl groups is 1. The molecule has 0 bridgehead atoms. The quantitative estimate of drug-likeness (QED) is 0.754. The van der Waals surface area contributed by atoms with Crippen LogP contribution in [0.3, 0.4) is 0 Å². The topological polar surface area (TPSA) is 63.0 Å². The van der Waals surface area contributed by atoms with Crippen molar-refractivity contribution in [2.45, 2.75) is 13.1 Å². The van der Waals surface area contributed by atoms with Crippen LogP contribution in [0.15, 0.2) is 61.2 Å². The van der Waals surface area contributed by atoms with Gasteiger partial charge in [-0.25, -0.2) is 9.67 Å². The van der Waals surface area contributed by atoms with E-state index in [4.69, 9.17) is 0 Å². The van der Waals surface area contributed by atoms with E-state index < -0.39 is 0 Å². The highest BCUT2D eigenvalue weighted by atomic mass is 16.3. The lowest BCUT2D eigenvalue weighted by molar-refractivity contribution is 0.469. The number of anilines is 1. The second kappa shape index (κ2) is 6.09. The first-order chi connectivity index (χ1) is 10.3. The van der Waals surface area contributed by atoms with Crippen LogP contribution in [0.1, 0.15) is 11.1 Å². The van der Waals surface area contributed by atoms with Gasteiger partial charge in [0.15, 0.2) is 0 Å². The predicted octanol–water partition coefficient (Wildman–Crippen LogP) is 2.64. The molecule has 0 atom stereocenters. The molecule has 3 rings (SSSR count). The number of para-hydroxylation sites is 1. The molecule has 21 heavy (non-hydrogen) atoms. The van der Waals surface area contributed by atoms with Crippen molar-refractivity contribution in [2.24, 2.45) is 0 Å². The maximum Gasteiger partial charge on any atom is 0.137 e. The number of benzene rings is 2. The van der Waals surface area contributed by atoms with Gasteiger partial charge in [-0.3, -0.25) is 0 Å². The van der Waals surface area contributed by atoms with Gasteiger partial charge in [0.1, 0.15) is 18.4 Å². The molecule has 3 aromatic rings. The van der Waals surface area contributed by atoms with Gasteiger partial charge >= 0.3 is 0 Å². The minimum Gasteiger partial charge on any atom is -0.508 e. The lowest BCUT2D eigenvalue weighted by Crippen LogP contribution is -2.02. The molecular weight excluding hydrogens is 264 g/mol. The molecule has 106 valence electrons. The van der Waals surface area contributed by atoms with Crippen LogP contribution in [-0.4, -0.2) is 19.9 Å². The Balaban J connectivity index is 1.67. The van der Waals surface area contributed by atoms with Crippen molar-refractivity contribution in [3.63, 3.8) is 0 Å². The average molecular weight is 280 g/mol. The molecule has 0 aliphatic carbocycles. The van der Waals surface area contributed by atoms with Crippen LogP contribution in [0.25, 0.3) is 0 Å². The van der Waals surface area contributed by atoms with Crippen molar-refractivity contribution in [1.82, 2.24) is 14.8 Å². The molecule has 0 saturated carbocycles. The molecule has 1 heterocycles. The third-order valence-electron chi connectivity index (χ3n) is 3.21. The monoisotopic (exact) mass is 280 g/mol. The number of nitrogens with one attached hydrogen (secondary N) is 1. The summed E-state index contributed by atoms with van der Waals surface area (Å²) in [6, 6.07) is 15.5. The van der Waals surface area contributed by atoms with E-state index in [9.17, 15) is 5.11 Å². The number of hydrogen-bond acceptors (Lipinski definition) is 4. The molecule has 2 N–H and O–H groups in total. The first-order valence-electron chi connectivity index (χ1n) is 6.73. The molecule has 0 radical (unpaired) electrons. The second-order valence-corrected chi connectivity index (χ2v) is 4.78. The Kier molecular flexibility index (Phi) is 3.82. The molecule has 5 nitrogen and oxygen atoms in total. The Morgan fingerprint density at radius 2 is 2.00 bits per heavy atom. The average Bonchev–Trinajstić information content (AvgIpc) is 3.00. The van der Waals surface area contributed by atoms with Gasteiger partial charge < -0.3 is 10.4 Å². The van der Waals surface area contributed by atoms with Gasteiger partial charge in [-0.1, -0.05) is 30.3 Å². The highest BCUT2D eigenvalue weighted by Crippen LogP contribution is 2.18. The highest BCUT2D eigenvalue weighted by molar-refractivity contribution is 5.47. The van der Waals surface area contributed by atoms with E-state index in [1.165, 1.54) is 6.33 Å². The van der Waals surface area contributed by atoms with Crippen LogP contribution in [0.4, 0.5) is 5.69 Å². The van der Waals surface area contributed by atoms with Crippen molar-refractivity contribution >= 4 is 5.69 Å². The number of aromatic nitrogens is 3. The van der Waals surface area contributed by atoms with Crippen LogP contribution >= 0.6 is 0 Å². The molecule has 1 aromatic heterocycles. The zero-order valence-electron chi connectivity index (χ0n) is 11.5. The molecule has 0 aliphatic heterocycles. The van der Waals surface area contributed by atoms with E-state index in [1.807, 2.05) is 36.4 Å². The Hall–Kier alpha value is -2.82. The number of rotatable bonds is 5. The molecule has 2 aromatic carbocycles. The maximum absolute atomic E-state index is 9.76. The largest absolute Gasteiger partial charge is 0.508 e. The highest BCUT2D eigenvalue weighted by Gasteiger charge is 2.01. The third kappa shape index (κ3) is 3.39. The summed E-state index contributed by atoms with van der Waals surface area (Å²) >= 11 is 0. The van der Waals surface area contributed by atoms with Gasteiger partial charge in [0.2, 0.25) is 0 Å². The number of hydrogen-bond donors (Lipinski definition) is 2. The normalized spacial score (nSPS) is 10.5. The van der Waals surface area contributed by atoms with Gasteiger partial charge in [0, 0.05) is 17.8 Å². The van der Waals surface area contributed by atoms with Crippen LogP contribution in [0, 0.1) is 0 Å². The second-order valence-electron chi connectivity index (χ2n) is 4.78. The maximum atomic E-state index is 9.76. The van der Waals surface area contributed by atoms with Gasteiger partial charge in [-0.15, -0.1) is 0 Å². The summed E-state index contributed by atoms with van der Waals surface area (Å²) in [5.74, 6) is 0.309. The molecule has 5 heteroatoms. The summed E-state index contributed by atoms with van der Waals surface area (Å²) in [7, 11) is 0. The standard InChI is InChI=1S/C16H16N4O/c21-16-7-2-1-5-14(16)9-18-15-6-3-4-13(8-15)10-20-12-17-11-19-20/h1-8,11-12,18,21H,9-10H2. The minimum atomic E-state index is 0.309. The fraction of sp³-hybridized carbons (Fsp3) is 0.125. The van der Waals surface area contributed by atoms with Gasteiger partial charge in [-0.2, -0.15) is 5.10 Å². The smallest absolute Gasteiger partial charge is 0.137 e. The van der Waals surface area contributed by atoms with Crippen molar-refractivity contribution in [2.75, 3.05) is 5.32 Å². The fourth-order valence-electron chi connectivity index (χ4n) is 2.14. The van der Waals surface area contributed by atoms with Gasteiger partial charge in [0.05, 0.1) is 6.54 Å². The zero-order valence-corrected chi connectivity index (χ0v) is 11.5. The van der Waals surface area contributed by atoms with Crippen LogP contribution < -0.4 is 5.32 Å². The Morgan fingerprint density at radius 3 is 2.81 bits per heavy atom. The summed E-state index contributed by atoms with van der Waals surface area (Å²) in [5, 5.41) is 17.2. The SMILES string of the molecule is Oc1ccccc1CNc1cccc(Cn2cncn2)c1. The van der Waals surface area contributed by atoms with E-state index in [0.29, 0.717) is 18.8 Å². The van der Waals surface area contributed by atoms with E-state index in [-0.39, 0.29) is 0 Å². The fourth-order valence-corrected chi connectivity index (χ4v) is 2.14. The zero-order chi connectivity index (χ0) is 14.5. The molecule has 0 saturated heterocycles. The lowest BCUT2D eigenvalue weighted by atomic mass is 10.1. The Bertz CT molecular complexity index is 710. The summed E-state index contributed by atoms with van der Waals surface area (Å²) in [4.78, 5) is 3.93. The predicted molar refractivity (Wildman–Crippen MR) is 81.0 cm³/mol. The van der Waals surface area contributed by atoms with Crippen molar-refractivity contribution in [3.05, 3.63) is 72.3 Å². The van der Waals surface area contributed by atoms with Crippen molar-refractivity contribution < 1.29 is 5.11 Å². The summed E-state index contributed by atoms with van der Waals surface area (Å²) < 4.78 is 1.78. The summed E-state index contributed by atoms with van der Waals surface area (Å²) in [6.45, 7) is 1.27. The van der Waals surface area contributed by atoms with Crippen molar-refractivity contribution in [3.8, 4) is 5.75 Å². The Morgan fingerprint density at radius 1 is 1.10 bits per heavy atom. The minimum absolute atomic E-state index is 0.309. The lowest BCUT2D eigenvalue weighted by Gasteiger charge is -2.09. The molecule has 0 unspecified atom stereocenters. The molecule has 0 aliphatic rings. The van der Waals surface area contributed by atoms with Gasteiger partial charge in [-0.05, 0) is 23.8 Å². The number of phenolic OH excluding ortho intramolecular Hbond substituents is 1. The summed E-state index contributed by atoms with van der Waals surface area (Å²) in [6.07, 6.45) is 3.22. The number of nitrogens with zero attached hydrogens (tertiary/aromatic N) is 3. The van der Waals surface area contributed by atoms with E-state index in [0.717, 1.165) is 16.8 Å². The first kappa shape index (κ1) is 13.2. The van der Waals surface area contributed by atoms with Crippen molar-refractivity contribution in [1.29, 1.82) is 0 Å². The third-order valence-corrected chi connectivity index (χ3v) is 3.21. The summed E-state index contributed by atoms with van der Waals surface area (Å²) in [5.41, 5.74) is 3.03. The van der Waals surface area contributed by atoms with Crippen LogP contribution in [-0.2, 0) is 13.1 Å². The molecule has 0 spiro atoms. The van der Waals surface area contributed by atoms with Crippen LogP contribution in [0.5, 0.6) is 5.75 Å². The van der Waals surface area contributed by atoms with Crippen LogP contribution in [0.2, 0.25) is 0 Å². The Labute approximate surface area is 122 Å². The van der Waals surface area contributed by atoms with E-state index in [1.54, 1.807) is 17.1 Å². The molecular formula is C16H16N4O. The van der Waals surface area contributed by atoms with E-state index in [2.05, 4.69) is 21.5 Å².